The number of aromatic nitrogens is 3. The van der Waals surface area contributed by atoms with Crippen LogP contribution in [0, 0.1) is 0 Å². The topological polar surface area (TPSA) is 82.1 Å². The van der Waals surface area contributed by atoms with Gasteiger partial charge in [0.25, 0.3) is 5.91 Å². The van der Waals surface area contributed by atoms with Gasteiger partial charge in [0.2, 0.25) is 0 Å². The highest BCUT2D eigenvalue weighted by molar-refractivity contribution is 5.97. The van der Waals surface area contributed by atoms with Crippen LogP contribution >= 0.6 is 0 Å². The van der Waals surface area contributed by atoms with Crippen LogP contribution < -0.4 is 0 Å². The van der Waals surface area contributed by atoms with Crippen molar-refractivity contribution in [3.63, 3.8) is 0 Å². The second kappa shape index (κ2) is 4.38. The first-order chi connectivity index (χ1) is 8.37. The highest BCUT2D eigenvalue weighted by Gasteiger charge is 2.20. The lowest BCUT2D eigenvalue weighted by Gasteiger charge is -2.25. The number of aromatic amines is 1. The van der Waals surface area contributed by atoms with Gasteiger partial charge in [-0.25, -0.2) is 0 Å². The summed E-state index contributed by atoms with van der Waals surface area (Å²) in [6.07, 6.45) is 0. The van der Waals surface area contributed by atoms with Gasteiger partial charge in [-0.1, -0.05) is 0 Å². The summed E-state index contributed by atoms with van der Waals surface area (Å²) >= 11 is 0. The van der Waals surface area contributed by atoms with Crippen molar-refractivity contribution in [2.24, 2.45) is 0 Å². The Kier molecular flexibility index (Phi) is 3.04. The number of carbonyl (C=O) groups is 1. The van der Waals surface area contributed by atoms with Crippen molar-refractivity contribution in [3.05, 3.63) is 23.8 Å². The molecule has 1 aromatic heterocycles. The predicted molar refractivity (Wildman–Crippen MR) is 67.1 cm³/mol. The van der Waals surface area contributed by atoms with Crippen LogP contribution in [0.15, 0.2) is 18.2 Å². The second-order valence-electron chi connectivity index (χ2n) is 5.00. The lowest BCUT2D eigenvalue weighted by Crippen LogP contribution is -2.39. The molecule has 0 unspecified atom stereocenters. The number of fused-ring (bicyclic) bond motifs is 1. The van der Waals surface area contributed by atoms with Crippen molar-refractivity contribution < 1.29 is 9.90 Å². The second-order valence-corrected chi connectivity index (χ2v) is 5.00. The van der Waals surface area contributed by atoms with Gasteiger partial charge in [-0.15, -0.1) is 0 Å². The van der Waals surface area contributed by atoms with Crippen molar-refractivity contribution in [2.45, 2.75) is 19.4 Å². The molecular weight excluding hydrogens is 232 g/mol. The Bertz CT molecular complexity index is 571. The number of likely N-dealkylation sites (N-methyl/N-ethyl adjacent to an activating group) is 1. The van der Waals surface area contributed by atoms with Gasteiger partial charge in [-0.3, -0.25) is 4.79 Å². The molecule has 0 atom stereocenters. The molecule has 0 spiro atoms. The van der Waals surface area contributed by atoms with Gasteiger partial charge in [0.1, 0.15) is 11.0 Å². The third-order valence-corrected chi connectivity index (χ3v) is 2.53. The van der Waals surface area contributed by atoms with Gasteiger partial charge in [0.15, 0.2) is 0 Å². The Hall–Kier alpha value is -1.95. The number of benzene rings is 1. The first-order valence-corrected chi connectivity index (χ1v) is 5.65. The van der Waals surface area contributed by atoms with Crippen LogP contribution in [-0.2, 0) is 0 Å². The van der Waals surface area contributed by atoms with Crippen molar-refractivity contribution in [1.82, 2.24) is 20.3 Å². The number of amides is 1. The third-order valence-electron chi connectivity index (χ3n) is 2.53. The molecule has 2 aromatic rings. The first kappa shape index (κ1) is 12.5. The monoisotopic (exact) mass is 248 g/mol. The highest BCUT2D eigenvalue weighted by atomic mass is 16.3. The maximum atomic E-state index is 12.1. The normalized spacial score (nSPS) is 11.8. The Labute approximate surface area is 105 Å². The summed E-state index contributed by atoms with van der Waals surface area (Å²) in [6.45, 7) is 3.60. The standard InChI is InChI=1S/C12H16N4O2/c1-12(2,18)7-16(3)11(17)8-4-5-9-10(6-8)14-15-13-9/h4-6,18H,7H2,1-3H3,(H,13,14,15). The fourth-order valence-electron chi connectivity index (χ4n) is 1.85. The zero-order valence-corrected chi connectivity index (χ0v) is 10.6. The average Bonchev–Trinajstić information content (AvgIpc) is 2.72. The Morgan fingerprint density at radius 1 is 1.39 bits per heavy atom. The molecule has 0 aliphatic heterocycles. The largest absolute Gasteiger partial charge is 0.389 e. The van der Waals surface area contributed by atoms with Crippen LogP contribution in [0.25, 0.3) is 11.0 Å². The maximum absolute atomic E-state index is 12.1. The molecule has 2 N–H and O–H groups in total. The molecule has 0 radical (unpaired) electrons. The Morgan fingerprint density at radius 2 is 2.06 bits per heavy atom. The number of aliphatic hydroxyl groups is 1. The van der Waals surface area contributed by atoms with Crippen molar-refractivity contribution in [2.75, 3.05) is 13.6 Å². The van der Waals surface area contributed by atoms with Crippen LogP contribution in [0.2, 0.25) is 0 Å². The third kappa shape index (κ3) is 2.65. The van der Waals surface area contributed by atoms with E-state index in [1.807, 2.05) is 0 Å². The zero-order chi connectivity index (χ0) is 13.3. The van der Waals surface area contributed by atoms with E-state index in [9.17, 15) is 9.90 Å². The van der Waals surface area contributed by atoms with Crippen molar-refractivity contribution >= 4 is 16.9 Å². The van der Waals surface area contributed by atoms with Gasteiger partial charge in [-0.2, -0.15) is 15.4 Å². The van der Waals surface area contributed by atoms with E-state index in [0.29, 0.717) is 11.1 Å². The van der Waals surface area contributed by atoms with E-state index < -0.39 is 5.60 Å². The minimum atomic E-state index is -0.914. The Morgan fingerprint density at radius 3 is 2.72 bits per heavy atom. The number of hydrogen-bond acceptors (Lipinski definition) is 4. The predicted octanol–water partition coefficient (Wildman–Crippen LogP) is 0.801. The minimum absolute atomic E-state index is 0.151. The van der Waals surface area contributed by atoms with Crippen molar-refractivity contribution in [1.29, 1.82) is 0 Å². The van der Waals surface area contributed by atoms with Crippen LogP contribution in [0.1, 0.15) is 24.2 Å². The van der Waals surface area contributed by atoms with Gasteiger partial charge >= 0.3 is 0 Å². The summed E-state index contributed by atoms with van der Waals surface area (Å²) in [4.78, 5) is 13.6. The fraction of sp³-hybridized carbons (Fsp3) is 0.417. The molecular formula is C12H16N4O2. The molecule has 2 rings (SSSR count). The number of nitrogens with zero attached hydrogens (tertiary/aromatic N) is 3. The van der Waals surface area contributed by atoms with Gasteiger partial charge in [0.05, 0.1) is 5.60 Å². The molecule has 0 bridgehead atoms. The van der Waals surface area contributed by atoms with Gasteiger partial charge in [0, 0.05) is 19.2 Å². The Balaban J connectivity index is 2.22. The maximum Gasteiger partial charge on any atom is 0.253 e. The van der Waals surface area contributed by atoms with Gasteiger partial charge < -0.3 is 10.0 Å². The molecule has 6 heteroatoms. The molecule has 0 saturated heterocycles. The highest BCUT2D eigenvalue weighted by Crippen LogP contribution is 2.13. The molecule has 96 valence electrons. The SMILES string of the molecule is CN(CC(C)(C)O)C(=O)c1ccc2n[nH]nc2c1. The number of H-pyrrole nitrogens is 1. The van der Waals surface area contributed by atoms with Crippen LogP contribution in [0.5, 0.6) is 0 Å². The van der Waals surface area contributed by atoms with Crippen molar-refractivity contribution in [3.8, 4) is 0 Å². The minimum Gasteiger partial charge on any atom is -0.389 e. The van der Waals surface area contributed by atoms with E-state index in [2.05, 4.69) is 15.4 Å². The summed E-state index contributed by atoms with van der Waals surface area (Å²) < 4.78 is 0. The molecule has 1 amide bonds. The van der Waals surface area contributed by atoms with E-state index >= 15 is 0 Å². The lowest BCUT2D eigenvalue weighted by molar-refractivity contribution is 0.0368. The summed E-state index contributed by atoms with van der Waals surface area (Å²) in [5.41, 5.74) is 0.986. The van der Waals surface area contributed by atoms with E-state index in [1.54, 1.807) is 39.1 Å². The zero-order valence-electron chi connectivity index (χ0n) is 10.6. The lowest BCUT2D eigenvalue weighted by atomic mass is 10.1. The first-order valence-electron chi connectivity index (χ1n) is 5.65. The summed E-state index contributed by atoms with van der Waals surface area (Å²) in [5, 5.41) is 20.1. The van der Waals surface area contributed by atoms with Crippen LogP contribution in [0.3, 0.4) is 0 Å². The molecule has 0 fully saturated rings. The fourth-order valence-corrected chi connectivity index (χ4v) is 1.85. The van der Waals surface area contributed by atoms with Crippen LogP contribution in [-0.4, -0.2) is 50.5 Å². The summed E-state index contributed by atoms with van der Waals surface area (Å²) in [5.74, 6) is -0.151. The average molecular weight is 248 g/mol. The molecule has 1 aromatic carbocycles. The summed E-state index contributed by atoms with van der Waals surface area (Å²) in [7, 11) is 1.66. The number of hydrogen-bond donors (Lipinski definition) is 2. The number of rotatable bonds is 3. The molecule has 0 aliphatic carbocycles. The van der Waals surface area contributed by atoms with E-state index in [4.69, 9.17) is 0 Å². The number of carbonyl (C=O) groups excluding carboxylic acids is 1. The molecule has 0 aliphatic rings. The molecule has 6 nitrogen and oxygen atoms in total. The summed E-state index contributed by atoms with van der Waals surface area (Å²) in [6, 6.07) is 5.13. The van der Waals surface area contributed by atoms with E-state index in [-0.39, 0.29) is 12.5 Å². The smallest absolute Gasteiger partial charge is 0.253 e. The van der Waals surface area contributed by atoms with Gasteiger partial charge in [-0.05, 0) is 32.0 Å². The van der Waals surface area contributed by atoms with E-state index in [1.165, 1.54) is 4.90 Å². The van der Waals surface area contributed by atoms with Crippen LogP contribution in [0.4, 0.5) is 0 Å². The molecule has 18 heavy (non-hydrogen) atoms. The number of nitrogens with one attached hydrogen (secondary N) is 1. The quantitative estimate of drug-likeness (QED) is 0.841. The molecule has 1 heterocycles. The molecule has 0 saturated carbocycles. The van der Waals surface area contributed by atoms with E-state index in [0.717, 1.165) is 5.52 Å².